The highest BCUT2D eigenvalue weighted by molar-refractivity contribution is 7.91. The Morgan fingerprint density at radius 3 is 2.85 bits per heavy atom. The van der Waals surface area contributed by atoms with Crippen LogP contribution in [0.3, 0.4) is 0 Å². The van der Waals surface area contributed by atoms with Crippen molar-refractivity contribution in [2.75, 3.05) is 24.8 Å². The summed E-state index contributed by atoms with van der Waals surface area (Å²) in [6.07, 6.45) is 5.51. The minimum absolute atomic E-state index is 0.412. The largest absolute Gasteiger partial charge is 0.611 e. The standard InChI is InChI=1S/C19H23N5O2S/c1-12-16(4-5-17(23-12)26-3)27(25)10-13-8-14(9-13)24(2)19-15-6-7-20-18(15)21-11-22-19/h4-7,11,13-14H,8-10H2,1-3H3,(H,20,21,22)/t13-,14+,27?. The SMILES string of the molecule is COc1ccc([S+]([O-])C[C@H]2C[C@@H](N(C)c3ncnc4[nH]ccc34)C2)c(C)n1. The summed E-state index contributed by atoms with van der Waals surface area (Å²) in [4.78, 5) is 19.2. The van der Waals surface area contributed by atoms with Gasteiger partial charge in [-0.2, -0.15) is 0 Å². The van der Waals surface area contributed by atoms with Gasteiger partial charge >= 0.3 is 0 Å². The second kappa shape index (κ2) is 7.36. The van der Waals surface area contributed by atoms with E-state index in [1.165, 1.54) is 0 Å². The summed E-state index contributed by atoms with van der Waals surface area (Å²) in [5.74, 6) is 2.62. The second-order valence-electron chi connectivity index (χ2n) is 6.99. The summed E-state index contributed by atoms with van der Waals surface area (Å²) in [5, 5.41) is 1.03. The van der Waals surface area contributed by atoms with E-state index in [9.17, 15) is 4.55 Å². The average molecular weight is 385 g/mol. The molecule has 1 saturated carbocycles. The minimum atomic E-state index is -1.04. The van der Waals surface area contributed by atoms with Gasteiger partial charge in [0.05, 0.1) is 18.2 Å². The number of ether oxygens (including phenoxy) is 1. The van der Waals surface area contributed by atoms with Crippen LogP contribution in [0.1, 0.15) is 18.5 Å². The van der Waals surface area contributed by atoms with Crippen molar-refractivity contribution in [1.29, 1.82) is 0 Å². The van der Waals surface area contributed by atoms with Crippen LogP contribution in [0.25, 0.3) is 11.0 Å². The molecule has 3 heterocycles. The van der Waals surface area contributed by atoms with Crippen molar-refractivity contribution < 1.29 is 9.29 Å². The Morgan fingerprint density at radius 1 is 1.30 bits per heavy atom. The molecule has 1 fully saturated rings. The Kier molecular flexibility index (Phi) is 4.92. The molecule has 0 spiro atoms. The van der Waals surface area contributed by atoms with Crippen molar-refractivity contribution in [2.24, 2.45) is 5.92 Å². The molecule has 3 aromatic rings. The molecule has 27 heavy (non-hydrogen) atoms. The Morgan fingerprint density at radius 2 is 2.11 bits per heavy atom. The van der Waals surface area contributed by atoms with Gasteiger partial charge in [0.2, 0.25) is 5.88 Å². The molecular formula is C19H23N5O2S. The molecular weight excluding hydrogens is 362 g/mol. The number of rotatable bonds is 6. The van der Waals surface area contributed by atoms with Gasteiger partial charge in [-0.1, -0.05) is 0 Å². The normalized spacial score (nSPS) is 20.3. The van der Waals surface area contributed by atoms with Crippen molar-refractivity contribution in [3.8, 4) is 5.88 Å². The lowest BCUT2D eigenvalue weighted by Crippen LogP contribution is -2.45. The molecule has 3 aromatic heterocycles. The number of aryl methyl sites for hydroxylation is 1. The van der Waals surface area contributed by atoms with Gasteiger partial charge in [0.25, 0.3) is 0 Å². The van der Waals surface area contributed by atoms with Gasteiger partial charge in [0, 0.05) is 37.3 Å². The maximum atomic E-state index is 12.7. The molecule has 0 radical (unpaired) electrons. The zero-order valence-corrected chi connectivity index (χ0v) is 16.5. The predicted octanol–water partition coefficient (Wildman–Crippen LogP) is 2.69. The summed E-state index contributed by atoms with van der Waals surface area (Å²) in [6, 6.07) is 6.05. The highest BCUT2D eigenvalue weighted by atomic mass is 32.2. The maximum Gasteiger partial charge on any atom is 0.213 e. The number of nitrogens with zero attached hydrogens (tertiary/aromatic N) is 4. The Hall–Kier alpha value is -2.32. The van der Waals surface area contributed by atoms with E-state index in [4.69, 9.17) is 4.74 Å². The third-order valence-electron chi connectivity index (χ3n) is 5.28. The van der Waals surface area contributed by atoms with Gasteiger partial charge in [-0.3, -0.25) is 0 Å². The number of nitrogens with one attached hydrogen (secondary N) is 1. The number of aromatic amines is 1. The highest BCUT2D eigenvalue weighted by Crippen LogP contribution is 2.37. The van der Waals surface area contributed by atoms with Crippen LogP contribution in [-0.2, 0) is 11.2 Å². The predicted molar refractivity (Wildman–Crippen MR) is 106 cm³/mol. The molecule has 0 saturated heterocycles. The first-order valence-corrected chi connectivity index (χ1v) is 10.3. The summed E-state index contributed by atoms with van der Waals surface area (Å²) in [7, 11) is 3.66. The molecule has 1 atom stereocenters. The van der Waals surface area contributed by atoms with Crippen LogP contribution in [0.4, 0.5) is 5.82 Å². The van der Waals surface area contributed by atoms with E-state index in [2.05, 4.69) is 31.9 Å². The van der Waals surface area contributed by atoms with Gasteiger partial charge in [-0.25, -0.2) is 15.0 Å². The lowest BCUT2D eigenvalue weighted by Gasteiger charge is -2.41. The molecule has 142 valence electrons. The first-order valence-electron chi connectivity index (χ1n) is 8.97. The average Bonchev–Trinajstić information content (AvgIpc) is 3.12. The van der Waals surface area contributed by atoms with E-state index < -0.39 is 11.2 Å². The van der Waals surface area contributed by atoms with E-state index >= 15 is 0 Å². The van der Waals surface area contributed by atoms with E-state index in [0.29, 0.717) is 23.6 Å². The van der Waals surface area contributed by atoms with Crippen LogP contribution in [-0.4, -0.2) is 50.4 Å². The Balaban J connectivity index is 1.37. The monoisotopic (exact) mass is 385 g/mol. The Bertz CT molecular complexity index is 941. The van der Waals surface area contributed by atoms with Crippen molar-refractivity contribution in [3.05, 3.63) is 36.4 Å². The first-order chi connectivity index (χ1) is 13.1. The minimum Gasteiger partial charge on any atom is -0.611 e. The fraction of sp³-hybridized carbons (Fsp3) is 0.421. The fourth-order valence-electron chi connectivity index (χ4n) is 3.65. The number of hydrogen-bond acceptors (Lipinski definition) is 6. The molecule has 7 nitrogen and oxygen atoms in total. The van der Waals surface area contributed by atoms with Gasteiger partial charge in [-0.05, 0) is 37.0 Å². The number of fused-ring (bicyclic) bond motifs is 1. The second-order valence-corrected chi connectivity index (χ2v) is 8.45. The fourth-order valence-corrected chi connectivity index (χ4v) is 5.12. The number of aromatic nitrogens is 4. The summed E-state index contributed by atoms with van der Waals surface area (Å²) in [5.41, 5.74) is 1.63. The first kappa shape index (κ1) is 18.1. The van der Waals surface area contributed by atoms with Crippen molar-refractivity contribution in [3.63, 3.8) is 0 Å². The van der Waals surface area contributed by atoms with Gasteiger partial charge < -0.3 is 19.2 Å². The van der Waals surface area contributed by atoms with Crippen molar-refractivity contribution >= 4 is 28.0 Å². The lowest BCUT2D eigenvalue weighted by molar-refractivity contribution is 0.282. The zero-order chi connectivity index (χ0) is 19.0. The number of pyridine rings is 1. The number of hydrogen-bond donors (Lipinski definition) is 1. The molecule has 0 amide bonds. The van der Waals surface area contributed by atoms with Gasteiger partial charge in [0.15, 0.2) is 4.90 Å². The van der Waals surface area contributed by atoms with Crippen LogP contribution in [0, 0.1) is 12.8 Å². The number of anilines is 1. The summed E-state index contributed by atoms with van der Waals surface area (Å²) in [6.45, 7) is 1.88. The molecule has 1 aliphatic carbocycles. The van der Waals surface area contributed by atoms with Crippen molar-refractivity contribution in [2.45, 2.75) is 30.7 Å². The topological polar surface area (TPSA) is 90.0 Å². The van der Waals surface area contributed by atoms with Crippen LogP contribution in [0.5, 0.6) is 5.88 Å². The molecule has 0 aliphatic heterocycles. The summed E-state index contributed by atoms with van der Waals surface area (Å²) < 4.78 is 17.9. The van der Waals surface area contributed by atoms with Gasteiger partial charge in [0.1, 0.15) is 23.5 Å². The van der Waals surface area contributed by atoms with E-state index in [1.807, 2.05) is 25.3 Å². The molecule has 0 bridgehead atoms. The number of H-pyrrole nitrogens is 1. The molecule has 1 N–H and O–H groups in total. The molecule has 0 aromatic carbocycles. The smallest absolute Gasteiger partial charge is 0.213 e. The van der Waals surface area contributed by atoms with Crippen molar-refractivity contribution in [1.82, 2.24) is 19.9 Å². The van der Waals surface area contributed by atoms with E-state index in [0.717, 1.165) is 40.3 Å². The molecule has 4 rings (SSSR count). The zero-order valence-electron chi connectivity index (χ0n) is 15.7. The lowest BCUT2D eigenvalue weighted by atomic mass is 9.81. The third-order valence-corrected chi connectivity index (χ3v) is 6.98. The highest BCUT2D eigenvalue weighted by Gasteiger charge is 2.36. The molecule has 1 unspecified atom stereocenters. The molecule has 8 heteroatoms. The molecule has 1 aliphatic rings. The maximum absolute atomic E-state index is 12.7. The Labute approximate surface area is 161 Å². The van der Waals surface area contributed by atoms with Crippen LogP contribution in [0.15, 0.2) is 35.6 Å². The number of methoxy groups -OCH3 is 1. The summed E-state index contributed by atoms with van der Waals surface area (Å²) >= 11 is -1.04. The van der Waals surface area contributed by atoms with Crippen LogP contribution >= 0.6 is 0 Å². The quantitative estimate of drug-likeness (QED) is 0.656. The van der Waals surface area contributed by atoms with Crippen LogP contribution < -0.4 is 9.64 Å². The van der Waals surface area contributed by atoms with E-state index in [1.54, 1.807) is 19.5 Å². The van der Waals surface area contributed by atoms with E-state index in [-0.39, 0.29) is 0 Å². The van der Waals surface area contributed by atoms with Crippen LogP contribution in [0.2, 0.25) is 0 Å². The van der Waals surface area contributed by atoms with Gasteiger partial charge in [-0.15, -0.1) is 0 Å². The third kappa shape index (κ3) is 3.46.